The lowest BCUT2D eigenvalue weighted by molar-refractivity contribution is 0.745. The van der Waals surface area contributed by atoms with Gasteiger partial charge in [0.25, 0.3) is 0 Å². The fraction of sp³-hybridized carbons (Fsp3) is 0.455. The minimum absolute atomic E-state index is 0.610. The van der Waals surface area contributed by atoms with Gasteiger partial charge in [0.1, 0.15) is 0 Å². The van der Waals surface area contributed by atoms with Crippen molar-refractivity contribution < 1.29 is 0 Å². The molecule has 78 valence electrons. The van der Waals surface area contributed by atoms with Gasteiger partial charge in [-0.1, -0.05) is 24.6 Å². The highest BCUT2D eigenvalue weighted by molar-refractivity contribution is 8.00. The third kappa shape index (κ3) is 3.91. The summed E-state index contributed by atoms with van der Waals surface area (Å²) in [5, 5.41) is 1.41. The maximum Gasteiger partial charge on any atom is 0.0417 e. The number of benzene rings is 1. The largest absolute Gasteiger partial charge is 0.330 e. The Bertz CT molecular complexity index is 278. The van der Waals surface area contributed by atoms with Gasteiger partial charge in [0, 0.05) is 15.2 Å². The van der Waals surface area contributed by atoms with E-state index in [0.717, 1.165) is 24.4 Å². The van der Waals surface area contributed by atoms with Crippen molar-refractivity contribution >= 4 is 23.4 Å². The Morgan fingerprint density at radius 3 is 2.86 bits per heavy atom. The van der Waals surface area contributed by atoms with Crippen LogP contribution in [0.1, 0.15) is 19.8 Å². The topological polar surface area (TPSA) is 26.0 Å². The van der Waals surface area contributed by atoms with E-state index in [1.807, 2.05) is 30.0 Å². The van der Waals surface area contributed by atoms with E-state index in [0.29, 0.717) is 5.25 Å². The molecule has 0 spiro atoms. The fourth-order valence-corrected chi connectivity index (χ4v) is 2.68. The molecule has 0 heterocycles. The van der Waals surface area contributed by atoms with Gasteiger partial charge in [-0.05, 0) is 37.6 Å². The van der Waals surface area contributed by atoms with Crippen molar-refractivity contribution in [3.8, 4) is 0 Å². The van der Waals surface area contributed by atoms with Crippen LogP contribution in [0.3, 0.4) is 0 Å². The molecule has 1 aromatic rings. The van der Waals surface area contributed by atoms with Crippen LogP contribution >= 0.6 is 23.4 Å². The van der Waals surface area contributed by atoms with E-state index in [1.54, 1.807) is 0 Å². The third-order valence-corrected chi connectivity index (χ3v) is 3.71. The third-order valence-electron chi connectivity index (χ3n) is 2.04. The molecule has 0 aromatic heterocycles. The Balaban J connectivity index is 2.57. The average molecular weight is 230 g/mol. The second-order valence-electron chi connectivity index (χ2n) is 3.18. The Morgan fingerprint density at radius 1 is 1.50 bits per heavy atom. The first kappa shape index (κ1) is 11.9. The summed E-state index contributed by atoms with van der Waals surface area (Å²) in [5.41, 5.74) is 5.55. The molecule has 0 aliphatic rings. The summed E-state index contributed by atoms with van der Waals surface area (Å²) in [7, 11) is 0. The predicted octanol–water partition coefficient (Wildman–Crippen LogP) is 3.56. The highest BCUT2D eigenvalue weighted by atomic mass is 35.5. The maximum atomic E-state index is 5.91. The standard InChI is InChI=1S/C11H16ClNS/c1-2-10(6-7-13)14-11-5-3-4-9(12)8-11/h3-5,8,10H,2,6-7,13H2,1H3. The number of hydrogen-bond donors (Lipinski definition) is 1. The van der Waals surface area contributed by atoms with Crippen molar-refractivity contribution in [3.05, 3.63) is 29.3 Å². The summed E-state index contributed by atoms with van der Waals surface area (Å²) in [4.78, 5) is 1.23. The summed E-state index contributed by atoms with van der Waals surface area (Å²) in [6.07, 6.45) is 2.21. The molecule has 0 bridgehead atoms. The van der Waals surface area contributed by atoms with E-state index in [4.69, 9.17) is 17.3 Å². The van der Waals surface area contributed by atoms with Crippen LogP contribution in [-0.2, 0) is 0 Å². The molecule has 0 saturated carbocycles. The molecule has 1 atom stereocenters. The van der Waals surface area contributed by atoms with Crippen LogP contribution < -0.4 is 5.73 Å². The molecular formula is C11H16ClNS. The van der Waals surface area contributed by atoms with Crippen LogP contribution in [0.25, 0.3) is 0 Å². The van der Waals surface area contributed by atoms with Gasteiger partial charge < -0.3 is 5.73 Å². The van der Waals surface area contributed by atoms with Crippen molar-refractivity contribution in [1.82, 2.24) is 0 Å². The van der Waals surface area contributed by atoms with Crippen molar-refractivity contribution in [3.63, 3.8) is 0 Å². The van der Waals surface area contributed by atoms with Gasteiger partial charge in [0.2, 0.25) is 0 Å². The first-order valence-electron chi connectivity index (χ1n) is 4.88. The molecule has 1 rings (SSSR count). The molecular weight excluding hydrogens is 214 g/mol. The van der Waals surface area contributed by atoms with E-state index >= 15 is 0 Å². The quantitative estimate of drug-likeness (QED) is 0.782. The molecule has 1 unspecified atom stereocenters. The fourth-order valence-electron chi connectivity index (χ4n) is 1.27. The molecule has 0 amide bonds. The lowest BCUT2D eigenvalue weighted by Gasteiger charge is -2.12. The highest BCUT2D eigenvalue weighted by Crippen LogP contribution is 2.28. The van der Waals surface area contributed by atoms with Crippen LogP contribution in [0, 0.1) is 0 Å². The molecule has 0 saturated heterocycles. The Kier molecular flexibility index (Phi) is 5.38. The van der Waals surface area contributed by atoms with Gasteiger partial charge in [-0.15, -0.1) is 11.8 Å². The smallest absolute Gasteiger partial charge is 0.0417 e. The van der Waals surface area contributed by atoms with Gasteiger partial charge in [0.05, 0.1) is 0 Å². The molecule has 14 heavy (non-hydrogen) atoms. The second-order valence-corrected chi connectivity index (χ2v) is 4.99. The molecule has 0 radical (unpaired) electrons. The number of halogens is 1. The molecule has 0 aliphatic heterocycles. The number of rotatable bonds is 5. The minimum atomic E-state index is 0.610. The Hall–Kier alpha value is -0.180. The maximum absolute atomic E-state index is 5.91. The van der Waals surface area contributed by atoms with Crippen molar-refractivity contribution in [2.75, 3.05) is 6.54 Å². The lowest BCUT2D eigenvalue weighted by Crippen LogP contribution is -2.09. The second kappa shape index (κ2) is 6.33. The van der Waals surface area contributed by atoms with Crippen LogP contribution in [0.5, 0.6) is 0 Å². The summed E-state index contributed by atoms with van der Waals surface area (Å²) >= 11 is 7.77. The number of nitrogens with two attached hydrogens (primary N) is 1. The van der Waals surface area contributed by atoms with Crippen molar-refractivity contribution in [2.45, 2.75) is 29.9 Å². The van der Waals surface area contributed by atoms with E-state index in [1.165, 1.54) is 4.90 Å². The van der Waals surface area contributed by atoms with Crippen LogP contribution in [0.15, 0.2) is 29.2 Å². The first-order valence-corrected chi connectivity index (χ1v) is 6.14. The van der Waals surface area contributed by atoms with Gasteiger partial charge in [-0.2, -0.15) is 0 Å². The normalized spacial score (nSPS) is 12.8. The first-order chi connectivity index (χ1) is 6.76. The zero-order valence-electron chi connectivity index (χ0n) is 8.37. The highest BCUT2D eigenvalue weighted by Gasteiger charge is 2.06. The SMILES string of the molecule is CCC(CCN)Sc1cccc(Cl)c1. The molecule has 0 aliphatic carbocycles. The van der Waals surface area contributed by atoms with Crippen molar-refractivity contribution in [1.29, 1.82) is 0 Å². The van der Waals surface area contributed by atoms with E-state index < -0.39 is 0 Å². The summed E-state index contributed by atoms with van der Waals surface area (Å²) in [6, 6.07) is 7.98. The summed E-state index contributed by atoms with van der Waals surface area (Å²) in [5.74, 6) is 0. The van der Waals surface area contributed by atoms with Gasteiger partial charge in [-0.25, -0.2) is 0 Å². The Labute approximate surface area is 95.0 Å². The van der Waals surface area contributed by atoms with Gasteiger partial charge in [-0.3, -0.25) is 0 Å². The van der Waals surface area contributed by atoms with Crippen molar-refractivity contribution in [2.24, 2.45) is 5.73 Å². The molecule has 1 aromatic carbocycles. The van der Waals surface area contributed by atoms with E-state index in [-0.39, 0.29) is 0 Å². The zero-order valence-corrected chi connectivity index (χ0v) is 9.94. The predicted molar refractivity (Wildman–Crippen MR) is 65.1 cm³/mol. The number of thioether (sulfide) groups is 1. The molecule has 1 nitrogen and oxygen atoms in total. The summed E-state index contributed by atoms with van der Waals surface area (Å²) < 4.78 is 0. The van der Waals surface area contributed by atoms with E-state index in [2.05, 4.69) is 13.0 Å². The number of hydrogen-bond acceptors (Lipinski definition) is 2. The molecule has 3 heteroatoms. The minimum Gasteiger partial charge on any atom is -0.330 e. The van der Waals surface area contributed by atoms with E-state index in [9.17, 15) is 0 Å². The van der Waals surface area contributed by atoms with Crippen LogP contribution in [0.2, 0.25) is 5.02 Å². The van der Waals surface area contributed by atoms with Gasteiger partial charge >= 0.3 is 0 Å². The average Bonchev–Trinajstić information content (AvgIpc) is 2.17. The molecule has 0 fully saturated rings. The summed E-state index contributed by atoms with van der Waals surface area (Å²) in [6.45, 7) is 2.95. The van der Waals surface area contributed by atoms with Crippen LogP contribution in [0.4, 0.5) is 0 Å². The van der Waals surface area contributed by atoms with Gasteiger partial charge in [0.15, 0.2) is 0 Å². The lowest BCUT2D eigenvalue weighted by atomic mass is 10.2. The zero-order chi connectivity index (χ0) is 10.4. The van der Waals surface area contributed by atoms with Crippen LogP contribution in [-0.4, -0.2) is 11.8 Å². The Morgan fingerprint density at radius 2 is 2.29 bits per heavy atom. The monoisotopic (exact) mass is 229 g/mol. The molecule has 2 N–H and O–H groups in total.